The molecule has 47 heavy (non-hydrogen) atoms. The van der Waals surface area contributed by atoms with Crippen LogP contribution in [-0.2, 0) is 30.5 Å². The maximum Gasteiger partial charge on any atom is 0.514 e. The van der Waals surface area contributed by atoms with Crippen molar-refractivity contribution in [3.05, 3.63) is 64.2 Å². The van der Waals surface area contributed by atoms with Crippen LogP contribution in [0.5, 0.6) is 5.75 Å². The molecule has 0 saturated carbocycles. The third-order valence-corrected chi connectivity index (χ3v) is 4.78. The summed E-state index contributed by atoms with van der Waals surface area (Å²) in [5, 5.41) is 21.0. The Kier molecular flexibility index (Phi) is 38.9. The zero-order valence-corrected chi connectivity index (χ0v) is 30.9. The molecule has 0 aliphatic carbocycles. The Labute approximate surface area is 272 Å². The van der Waals surface area contributed by atoms with E-state index in [1.54, 1.807) is 37.7 Å². The molecule has 1 unspecified atom stereocenters. The van der Waals surface area contributed by atoms with Crippen LogP contribution in [0.4, 0.5) is 16.2 Å². The number of nitro benzene ring substituents is 1. The average Bonchev–Trinajstić information content (AvgIpc) is 3.03. The predicted molar refractivity (Wildman–Crippen MR) is 179 cm³/mol. The molecule has 2 aromatic rings. The SMILES string of the molecule is CC.CC(=O)Nc1ccc(COC(=O)Oc2ccc([N+](=O)[O-])cc2)cc1.CC(C)C(C)N[C-]=O.CCCNC.CNC=O.NC=O.[Fm]. The first-order valence-electron chi connectivity index (χ1n) is 14.4. The number of rotatable bonds is 11. The minimum atomic E-state index is -0.921. The molecule has 0 aliphatic rings. The Morgan fingerprint density at radius 1 is 1.02 bits per heavy atom. The van der Waals surface area contributed by atoms with Gasteiger partial charge in [0.2, 0.25) is 18.7 Å². The van der Waals surface area contributed by atoms with Crippen LogP contribution in [0.25, 0.3) is 0 Å². The first-order valence-corrected chi connectivity index (χ1v) is 14.4. The molecule has 0 heterocycles. The number of anilines is 1. The summed E-state index contributed by atoms with van der Waals surface area (Å²) in [6.45, 7) is 14.7. The zero-order valence-electron chi connectivity index (χ0n) is 28.5. The first kappa shape index (κ1) is 50.6. The van der Waals surface area contributed by atoms with Crippen LogP contribution >= 0.6 is 0 Å². The molecule has 0 spiro atoms. The minimum absolute atomic E-state index is 0. The van der Waals surface area contributed by atoms with E-state index < -0.39 is 11.1 Å². The van der Waals surface area contributed by atoms with Crippen LogP contribution in [0, 0.1) is 16.0 Å². The number of non-ortho nitro benzene ring substituents is 1. The van der Waals surface area contributed by atoms with Gasteiger partial charge in [-0.15, -0.1) is 0 Å². The van der Waals surface area contributed by atoms with E-state index in [1.807, 2.05) is 27.8 Å². The van der Waals surface area contributed by atoms with Crippen molar-refractivity contribution in [2.75, 3.05) is 26.0 Å². The van der Waals surface area contributed by atoms with Gasteiger partial charge in [0.15, 0.2) is 0 Å². The van der Waals surface area contributed by atoms with Crippen LogP contribution in [0.15, 0.2) is 48.5 Å². The normalized spacial score (nSPS) is 9.06. The Morgan fingerprint density at radius 2 is 1.51 bits per heavy atom. The van der Waals surface area contributed by atoms with E-state index in [9.17, 15) is 24.5 Å². The Balaban J connectivity index is -0.000000210. The Morgan fingerprint density at radius 3 is 1.81 bits per heavy atom. The third kappa shape index (κ3) is 34.3. The molecule has 0 bridgehead atoms. The molecule has 0 aliphatic heterocycles. The molecule has 272 valence electrons. The number of ether oxygens (including phenoxy) is 2. The summed E-state index contributed by atoms with van der Waals surface area (Å²) in [6, 6.07) is 12.1. The van der Waals surface area contributed by atoms with Gasteiger partial charge in [-0.05, 0) is 68.7 Å². The second-order valence-corrected chi connectivity index (χ2v) is 8.70. The predicted octanol–water partition coefficient (Wildman–Crippen LogP) is 4.06. The molecule has 15 nitrogen and oxygen atoms in total. The van der Waals surface area contributed by atoms with Gasteiger partial charge in [-0.1, -0.05) is 46.8 Å². The number of nitrogens with two attached hydrogens (primary N) is 1. The largest absolute Gasteiger partial charge is 0.527 e. The summed E-state index contributed by atoms with van der Waals surface area (Å²) in [7, 11) is 3.52. The minimum Gasteiger partial charge on any atom is -0.527 e. The number of hydrogen-bond acceptors (Lipinski definition) is 10. The third-order valence-electron chi connectivity index (χ3n) is 4.78. The van der Waals surface area contributed by atoms with E-state index in [2.05, 4.69) is 47.8 Å². The Bertz CT molecular complexity index is 1070. The molecule has 0 aromatic heterocycles. The number of hydrogen-bond donors (Lipinski definition) is 5. The van der Waals surface area contributed by atoms with Gasteiger partial charge in [-0.25, -0.2) is 4.79 Å². The van der Waals surface area contributed by atoms with Gasteiger partial charge in [-0.2, -0.15) is 6.41 Å². The number of nitrogens with zero attached hydrogens (tertiary/aromatic N) is 1. The topological polar surface area (TPSA) is 221 Å². The molecule has 16 heteroatoms. The van der Waals surface area contributed by atoms with E-state index in [0.29, 0.717) is 23.6 Å². The number of nitro groups is 1. The van der Waals surface area contributed by atoms with Gasteiger partial charge in [-0.3, -0.25) is 24.5 Å². The molecule has 0 fully saturated rings. The van der Waals surface area contributed by atoms with Crippen LogP contribution in [-0.4, -0.2) is 62.9 Å². The molecule has 1 atom stereocenters. The number of nitrogens with one attached hydrogen (secondary N) is 4. The second-order valence-electron chi connectivity index (χ2n) is 8.70. The fraction of sp³-hybridized carbons (Fsp3) is 0.452. The fourth-order valence-electron chi connectivity index (χ4n) is 2.30. The van der Waals surface area contributed by atoms with E-state index in [4.69, 9.17) is 19.1 Å². The van der Waals surface area contributed by atoms with Crippen molar-refractivity contribution in [2.24, 2.45) is 11.7 Å². The van der Waals surface area contributed by atoms with E-state index in [1.165, 1.54) is 37.6 Å². The number of primary amides is 1. The zero-order chi connectivity index (χ0) is 36.3. The number of benzene rings is 2. The fourth-order valence-corrected chi connectivity index (χ4v) is 2.30. The van der Waals surface area contributed by atoms with Gasteiger partial charge >= 0.3 is 6.16 Å². The van der Waals surface area contributed by atoms with Crippen LogP contribution in [0.1, 0.15) is 60.5 Å². The average molecular weight is 909 g/mol. The molecule has 0 saturated heterocycles. The van der Waals surface area contributed by atoms with Gasteiger partial charge in [0.25, 0.3) is 5.69 Å². The molecule has 2 aromatic carbocycles. The van der Waals surface area contributed by atoms with Crippen molar-refractivity contribution < 1.29 is 38.4 Å². The number of amides is 4. The standard InChI is InChI=1S/C16H14N2O6.C6H12NO.C4H11N.C2H5NO.C2H6.CH3NO.Fm/c1-11(19)17-13-4-2-12(3-5-13)10-23-16(20)24-15-8-6-14(7-9-15)18(21)22;1-5(2)6(3)7-4-8;1-3-4-5-2;1-3-2-4;1-2;2-1-3;/h2-9H,10H2,1H3,(H,17,19);5-6H,1-3H3,(H,7,8);5H,3-4H2,1-2H3;2H,1H3,(H,3,4);1-2H3;1H,(H2,2,3);/q;-1;;;;;. The van der Waals surface area contributed by atoms with Crippen molar-refractivity contribution in [2.45, 2.75) is 67.5 Å². The molecule has 0 radical (unpaired) electrons. The van der Waals surface area contributed by atoms with E-state index in [0.717, 1.165) is 6.54 Å². The second kappa shape index (κ2) is 36.1. The summed E-state index contributed by atoms with van der Waals surface area (Å²) in [5.74, 6) is 0.466. The molecule has 4 amide bonds. The van der Waals surface area contributed by atoms with Crippen molar-refractivity contribution in [1.82, 2.24) is 16.0 Å². The maximum atomic E-state index is 11.6. The summed E-state index contributed by atoms with van der Waals surface area (Å²) in [5.41, 5.74) is 5.42. The van der Waals surface area contributed by atoms with Crippen LogP contribution in [0.2, 0.25) is 0 Å². The summed E-state index contributed by atoms with van der Waals surface area (Å²) in [4.78, 5) is 59.8. The molecular weight excluding hydrogens is 857 g/mol. The molecule has 2 rings (SSSR count). The van der Waals surface area contributed by atoms with Crippen LogP contribution < -0.4 is 31.7 Å². The maximum absolute atomic E-state index is 11.6. The summed E-state index contributed by atoms with van der Waals surface area (Å²) < 4.78 is 9.85. The van der Waals surface area contributed by atoms with Crippen molar-refractivity contribution in [3.8, 4) is 5.75 Å². The van der Waals surface area contributed by atoms with Crippen LogP contribution in [0.3, 0.4) is 0 Å². The monoisotopic (exact) mass is 908 g/mol. The summed E-state index contributed by atoms with van der Waals surface area (Å²) in [6.07, 6.45) is 2.83. The van der Waals surface area contributed by atoms with Gasteiger partial charge in [0.1, 0.15) is 12.4 Å². The number of carbonyl (C=O) groups is 4. The van der Waals surface area contributed by atoms with Gasteiger partial charge in [0, 0.05) is 31.8 Å². The smallest absolute Gasteiger partial charge is 0.514 e. The number of carbonyl (C=O) groups excluding carboxylic acids is 5. The van der Waals surface area contributed by atoms with Gasteiger partial charge < -0.3 is 41.3 Å². The van der Waals surface area contributed by atoms with E-state index in [-0.39, 0.29) is 36.4 Å². The molecule has 6 N–H and O–H groups in total. The van der Waals surface area contributed by atoms with Crippen molar-refractivity contribution in [1.29, 1.82) is 0 Å². The van der Waals surface area contributed by atoms with Gasteiger partial charge in [0.05, 0.1) is 4.92 Å². The van der Waals surface area contributed by atoms with Crippen molar-refractivity contribution >= 4 is 42.7 Å². The quantitative estimate of drug-likeness (QED) is 0.0414. The van der Waals surface area contributed by atoms with Crippen molar-refractivity contribution in [3.63, 3.8) is 0 Å². The molecular formula is C31H51FmN6O9-. The Hall–Kier alpha value is -6.05. The first-order chi connectivity index (χ1) is 21.9. The van der Waals surface area contributed by atoms with E-state index >= 15 is 0 Å². The summed E-state index contributed by atoms with van der Waals surface area (Å²) >= 11 is 0.